The van der Waals surface area contributed by atoms with Gasteiger partial charge in [0.15, 0.2) is 0 Å². The molecule has 0 radical (unpaired) electrons. The normalized spacial score (nSPS) is 13.0. The average molecular weight is 233 g/mol. The van der Waals surface area contributed by atoms with Crippen LogP contribution in [0.3, 0.4) is 0 Å². The summed E-state index contributed by atoms with van der Waals surface area (Å²) in [5, 5.41) is 3.25. The molecule has 3 nitrogen and oxygen atoms in total. The molecule has 0 aromatic heterocycles. The summed E-state index contributed by atoms with van der Waals surface area (Å²) in [5.74, 6) is -0.308. The molecule has 0 amide bonds. The highest BCUT2D eigenvalue weighted by molar-refractivity contribution is 5.82. The molecule has 0 spiro atoms. The lowest BCUT2D eigenvalue weighted by molar-refractivity contribution is -0.137. The van der Waals surface area contributed by atoms with Crippen molar-refractivity contribution in [1.29, 1.82) is 0 Å². The monoisotopic (exact) mass is 233 g/mol. The molecular weight excluding hydrogens is 214 g/mol. The van der Waals surface area contributed by atoms with E-state index < -0.39 is 0 Å². The first-order chi connectivity index (χ1) is 8.13. The van der Waals surface area contributed by atoms with Gasteiger partial charge >= 0.3 is 5.97 Å². The lowest BCUT2D eigenvalue weighted by Crippen LogP contribution is -2.17. The number of benzene rings is 1. The van der Waals surface area contributed by atoms with Gasteiger partial charge in [0.05, 0.1) is 6.61 Å². The Morgan fingerprint density at radius 2 is 2.06 bits per heavy atom. The van der Waals surface area contributed by atoms with E-state index in [-0.39, 0.29) is 12.0 Å². The maximum atomic E-state index is 11.2. The zero-order chi connectivity index (χ0) is 12.7. The van der Waals surface area contributed by atoms with Crippen molar-refractivity contribution < 1.29 is 9.53 Å². The highest BCUT2D eigenvalue weighted by Crippen LogP contribution is 2.12. The molecule has 0 saturated heterocycles. The zero-order valence-electron chi connectivity index (χ0n) is 10.6. The van der Waals surface area contributed by atoms with E-state index in [1.807, 2.05) is 25.1 Å². The van der Waals surface area contributed by atoms with E-state index in [0.29, 0.717) is 6.61 Å². The molecule has 0 fully saturated rings. The number of allylic oxidation sites excluding steroid dienone is 1. The summed E-state index contributed by atoms with van der Waals surface area (Å²) in [6.07, 6.45) is 1.48. The van der Waals surface area contributed by atoms with Gasteiger partial charge in [0.25, 0.3) is 0 Å². The molecule has 0 heterocycles. The fourth-order valence-corrected chi connectivity index (χ4v) is 1.57. The Kier molecular flexibility index (Phi) is 5.27. The van der Waals surface area contributed by atoms with E-state index in [2.05, 4.69) is 24.4 Å². The summed E-state index contributed by atoms with van der Waals surface area (Å²) in [6.45, 7) is 6.10. The van der Waals surface area contributed by atoms with Crippen LogP contribution in [0.25, 0.3) is 0 Å². The van der Waals surface area contributed by atoms with Gasteiger partial charge in [-0.15, -0.1) is 0 Å². The molecule has 1 aromatic carbocycles. The van der Waals surface area contributed by atoms with E-state index in [1.54, 1.807) is 6.92 Å². The van der Waals surface area contributed by atoms with Gasteiger partial charge in [0, 0.05) is 17.8 Å². The molecule has 17 heavy (non-hydrogen) atoms. The summed E-state index contributed by atoms with van der Waals surface area (Å²) in [5.41, 5.74) is 1.99. The second kappa shape index (κ2) is 6.74. The van der Waals surface area contributed by atoms with E-state index in [1.165, 1.54) is 11.6 Å². The van der Waals surface area contributed by atoms with E-state index in [4.69, 9.17) is 4.74 Å². The van der Waals surface area contributed by atoms with Crippen molar-refractivity contribution in [3.05, 3.63) is 47.7 Å². The van der Waals surface area contributed by atoms with Gasteiger partial charge < -0.3 is 10.1 Å². The predicted octanol–water partition coefficient (Wildman–Crippen LogP) is 2.80. The standard InChI is InChI=1S/C14H19NO2/c1-4-17-14(16)10-11(2)15-12(3)13-8-6-5-7-9-13/h5-10,12,15H,4H2,1-3H3/b11-10-. The van der Waals surface area contributed by atoms with Crippen molar-refractivity contribution >= 4 is 5.97 Å². The van der Waals surface area contributed by atoms with Crippen molar-refractivity contribution in [2.75, 3.05) is 6.61 Å². The molecule has 0 aliphatic carbocycles. The second-order valence-electron chi connectivity index (χ2n) is 3.86. The Labute approximate surface area is 102 Å². The van der Waals surface area contributed by atoms with Crippen molar-refractivity contribution in [2.45, 2.75) is 26.8 Å². The molecule has 0 saturated carbocycles. The van der Waals surface area contributed by atoms with Crippen molar-refractivity contribution in [3.63, 3.8) is 0 Å². The Balaban J connectivity index is 2.57. The van der Waals surface area contributed by atoms with Crippen molar-refractivity contribution in [2.24, 2.45) is 0 Å². The third-order valence-electron chi connectivity index (χ3n) is 2.36. The lowest BCUT2D eigenvalue weighted by Gasteiger charge is -2.15. The first kappa shape index (κ1) is 13.3. The maximum Gasteiger partial charge on any atom is 0.332 e. The van der Waals surface area contributed by atoms with Crippen molar-refractivity contribution in [3.8, 4) is 0 Å². The molecule has 0 aliphatic rings. The quantitative estimate of drug-likeness (QED) is 0.627. The summed E-state index contributed by atoms with van der Waals surface area (Å²) < 4.78 is 4.84. The first-order valence-electron chi connectivity index (χ1n) is 5.80. The molecule has 1 atom stereocenters. The minimum absolute atomic E-state index is 0.168. The zero-order valence-corrected chi connectivity index (χ0v) is 10.6. The summed E-state index contributed by atoms with van der Waals surface area (Å²) in [7, 11) is 0. The largest absolute Gasteiger partial charge is 0.463 e. The minimum atomic E-state index is -0.308. The van der Waals surface area contributed by atoms with Gasteiger partial charge in [0.2, 0.25) is 0 Å². The van der Waals surface area contributed by atoms with Crippen LogP contribution in [0.4, 0.5) is 0 Å². The third-order valence-corrected chi connectivity index (χ3v) is 2.36. The van der Waals surface area contributed by atoms with Gasteiger partial charge in [-0.25, -0.2) is 4.79 Å². The summed E-state index contributed by atoms with van der Waals surface area (Å²) in [6, 6.07) is 10.2. The van der Waals surface area contributed by atoms with E-state index >= 15 is 0 Å². The van der Waals surface area contributed by atoms with Crippen LogP contribution in [0.1, 0.15) is 32.4 Å². The van der Waals surface area contributed by atoms with Crippen LogP contribution >= 0.6 is 0 Å². The molecule has 3 heteroatoms. The molecule has 1 rings (SSSR count). The first-order valence-corrected chi connectivity index (χ1v) is 5.80. The van der Waals surface area contributed by atoms with Crippen LogP contribution in [-0.2, 0) is 9.53 Å². The lowest BCUT2D eigenvalue weighted by atomic mass is 10.1. The molecular formula is C14H19NO2. The molecule has 1 aromatic rings. The summed E-state index contributed by atoms with van der Waals surface area (Å²) in [4.78, 5) is 11.2. The fourth-order valence-electron chi connectivity index (χ4n) is 1.57. The van der Waals surface area contributed by atoms with Gasteiger partial charge in [-0.1, -0.05) is 30.3 Å². The fraction of sp³-hybridized carbons (Fsp3) is 0.357. The smallest absolute Gasteiger partial charge is 0.332 e. The van der Waals surface area contributed by atoms with Crippen LogP contribution in [0.2, 0.25) is 0 Å². The number of esters is 1. The number of rotatable bonds is 5. The highest BCUT2D eigenvalue weighted by Gasteiger charge is 2.05. The van der Waals surface area contributed by atoms with Crippen LogP contribution < -0.4 is 5.32 Å². The Bertz CT molecular complexity index is 384. The van der Waals surface area contributed by atoms with Crippen LogP contribution in [0.5, 0.6) is 0 Å². The third kappa shape index (κ3) is 4.72. The van der Waals surface area contributed by atoms with Gasteiger partial charge in [-0.2, -0.15) is 0 Å². The maximum absolute atomic E-state index is 11.2. The van der Waals surface area contributed by atoms with Crippen LogP contribution in [0.15, 0.2) is 42.1 Å². The molecule has 1 N–H and O–H groups in total. The topological polar surface area (TPSA) is 38.3 Å². The van der Waals surface area contributed by atoms with Crippen LogP contribution in [-0.4, -0.2) is 12.6 Å². The minimum Gasteiger partial charge on any atom is -0.463 e. The van der Waals surface area contributed by atoms with Crippen molar-refractivity contribution in [1.82, 2.24) is 5.32 Å². The number of hydrogen-bond donors (Lipinski definition) is 1. The van der Waals surface area contributed by atoms with E-state index in [9.17, 15) is 4.79 Å². The molecule has 1 unspecified atom stereocenters. The van der Waals surface area contributed by atoms with Gasteiger partial charge in [0.1, 0.15) is 0 Å². The molecule has 0 bridgehead atoms. The number of hydrogen-bond acceptors (Lipinski definition) is 3. The Morgan fingerprint density at radius 3 is 2.65 bits per heavy atom. The predicted molar refractivity (Wildman–Crippen MR) is 68.4 cm³/mol. The van der Waals surface area contributed by atoms with Crippen LogP contribution in [0, 0.1) is 0 Å². The Morgan fingerprint density at radius 1 is 1.41 bits per heavy atom. The Hall–Kier alpha value is -1.77. The average Bonchev–Trinajstić information content (AvgIpc) is 2.30. The van der Waals surface area contributed by atoms with Gasteiger partial charge in [-0.05, 0) is 26.3 Å². The number of nitrogens with one attached hydrogen (secondary N) is 1. The number of carbonyl (C=O) groups excluding carboxylic acids is 1. The van der Waals surface area contributed by atoms with Gasteiger partial charge in [-0.3, -0.25) is 0 Å². The number of carbonyl (C=O) groups is 1. The van der Waals surface area contributed by atoms with E-state index in [0.717, 1.165) is 5.70 Å². The SMILES string of the molecule is CCOC(=O)/C=C(/C)NC(C)c1ccccc1. The molecule has 92 valence electrons. The summed E-state index contributed by atoms with van der Waals surface area (Å²) >= 11 is 0. The molecule has 0 aliphatic heterocycles. The second-order valence-corrected chi connectivity index (χ2v) is 3.86. The highest BCUT2D eigenvalue weighted by atomic mass is 16.5. The number of ether oxygens (including phenoxy) is 1.